The Morgan fingerprint density at radius 2 is 1.49 bits per heavy atom. The quantitative estimate of drug-likeness (QED) is 0.311. The van der Waals surface area contributed by atoms with E-state index in [0.717, 1.165) is 35.5 Å². The van der Waals surface area contributed by atoms with Gasteiger partial charge in [0.15, 0.2) is 0 Å². The lowest BCUT2D eigenvalue weighted by molar-refractivity contribution is -0.135. The molecule has 4 aromatic rings. The summed E-state index contributed by atoms with van der Waals surface area (Å²) in [6.45, 7) is 2.89. The molecule has 4 aromatic carbocycles. The van der Waals surface area contributed by atoms with Crippen molar-refractivity contribution in [3.63, 3.8) is 0 Å². The first-order valence-corrected chi connectivity index (χ1v) is 13.9. The Hall–Kier alpha value is -4.65. The van der Waals surface area contributed by atoms with Crippen LogP contribution in [-0.2, 0) is 11.3 Å². The number of carbonyl (C=O) groups is 2. The summed E-state index contributed by atoms with van der Waals surface area (Å²) in [6, 6.07) is 30.9. The van der Waals surface area contributed by atoms with E-state index < -0.39 is 12.0 Å². The van der Waals surface area contributed by atoms with E-state index in [1.165, 1.54) is 12.1 Å². The maximum Gasteiger partial charge on any atom is 0.255 e. The number of methoxy groups -OCH3 is 1. The van der Waals surface area contributed by atoms with E-state index in [4.69, 9.17) is 4.74 Å². The molecule has 0 aromatic heterocycles. The fourth-order valence-corrected chi connectivity index (χ4v) is 6.01. The largest absolute Gasteiger partial charge is 0.497 e. The minimum Gasteiger partial charge on any atom is -0.497 e. The number of nitrogens with zero attached hydrogens (tertiary/aromatic N) is 3. The maximum atomic E-state index is 14.5. The molecule has 2 atom stereocenters. The third-order valence-corrected chi connectivity index (χ3v) is 8.14. The highest BCUT2D eigenvalue weighted by Crippen LogP contribution is 2.45. The van der Waals surface area contributed by atoms with Crippen molar-refractivity contribution in [3.8, 4) is 5.75 Å². The SMILES string of the molecule is COc1ccc([C@H]2[C@H](C(=O)N3CCN(c4ccccc4)CC3)c3ccccc3C(=O)N2Cc2ccc(F)cc2)cc1. The predicted octanol–water partition coefficient (Wildman–Crippen LogP) is 5.66. The zero-order chi connectivity index (χ0) is 28.3. The molecule has 41 heavy (non-hydrogen) atoms. The lowest BCUT2D eigenvalue weighted by Gasteiger charge is -2.45. The molecule has 0 aliphatic carbocycles. The first-order chi connectivity index (χ1) is 20.0. The molecule has 0 N–H and O–H groups in total. The topological polar surface area (TPSA) is 53.1 Å². The van der Waals surface area contributed by atoms with E-state index in [0.29, 0.717) is 24.4 Å². The second-order valence-electron chi connectivity index (χ2n) is 10.5. The normalized spacial score (nSPS) is 18.7. The van der Waals surface area contributed by atoms with Gasteiger partial charge in [0, 0.05) is 44.0 Å². The summed E-state index contributed by atoms with van der Waals surface area (Å²) in [4.78, 5) is 34.5. The van der Waals surface area contributed by atoms with Crippen molar-refractivity contribution in [2.75, 3.05) is 38.2 Å². The fourth-order valence-electron chi connectivity index (χ4n) is 6.01. The van der Waals surface area contributed by atoms with Crippen LogP contribution < -0.4 is 9.64 Å². The van der Waals surface area contributed by atoms with E-state index >= 15 is 0 Å². The number of carbonyl (C=O) groups excluding carboxylic acids is 2. The van der Waals surface area contributed by atoms with Crippen molar-refractivity contribution in [1.29, 1.82) is 0 Å². The smallest absolute Gasteiger partial charge is 0.255 e. The molecule has 0 unspecified atom stereocenters. The van der Waals surface area contributed by atoms with Gasteiger partial charge in [0.2, 0.25) is 5.91 Å². The highest BCUT2D eigenvalue weighted by Gasteiger charge is 2.45. The molecule has 0 spiro atoms. The van der Waals surface area contributed by atoms with Crippen molar-refractivity contribution in [3.05, 3.63) is 131 Å². The standard InChI is InChI=1S/C34H32FN3O3/c1-41-28-17-13-25(14-18-28)32-31(34(40)37-21-19-36(20-22-37)27-7-3-2-4-8-27)29-9-5-6-10-30(29)33(39)38(32)23-24-11-15-26(35)16-12-24/h2-18,31-32H,19-23H2,1H3/t31-,32+/m1/s1. The van der Waals surface area contributed by atoms with Gasteiger partial charge < -0.3 is 19.4 Å². The maximum absolute atomic E-state index is 14.5. The number of fused-ring (bicyclic) bond motifs is 1. The molecule has 0 bridgehead atoms. The summed E-state index contributed by atoms with van der Waals surface area (Å²) >= 11 is 0. The molecule has 2 aliphatic heterocycles. The van der Waals surface area contributed by atoms with Gasteiger partial charge in [-0.1, -0.05) is 60.7 Å². The van der Waals surface area contributed by atoms with Gasteiger partial charge in [-0.15, -0.1) is 0 Å². The molecule has 6 rings (SSSR count). The number of hydrogen-bond acceptors (Lipinski definition) is 4. The van der Waals surface area contributed by atoms with Gasteiger partial charge >= 0.3 is 0 Å². The first-order valence-electron chi connectivity index (χ1n) is 13.9. The van der Waals surface area contributed by atoms with Gasteiger partial charge in [-0.3, -0.25) is 9.59 Å². The number of ether oxygens (including phenoxy) is 1. The van der Waals surface area contributed by atoms with Crippen LogP contribution in [0.5, 0.6) is 5.75 Å². The van der Waals surface area contributed by atoms with Crippen LogP contribution in [0.2, 0.25) is 0 Å². The highest BCUT2D eigenvalue weighted by molar-refractivity contribution is 6.01. The third-order valence-electron chi connectivity index (χ3n) is 8.14. The van der Waals surface area contributed by atoms with Crippen LogP contribution in [0.15, 0.2) is 103 Å². The van der Waals surface area contributed by atoms with E-state index in [1.54, 1.807) is 30.2 Å². The Morgan fingerprint density at radius 3 is 2.17 bits per heavy atom. The Bertz CT molecular complexity index is 1520. The monoisotopic (exact) mass is 549 g/mol. The Morgan fingerprint density at radius 1 is 0.829 bits per heavy atom. The van der Waals surface area contributed by atoms with Crippen molar-refractivity contribution >= 4 is 17.5 Å². The summed E-state index contributed by atoms with van der Waals surface area (Å²) in [5, 5.41) is 0. The van der Waals surface area contributed by atoms with E-state index in [1.807, 2.05) is 65.6 Å². The molecule has 6 nitrogen and oxygen atoms in total. The zero-order valence-electron chi connectivity index (χ0n) is 22.9. The minimum atomic E-state index is -0.596. The average Bonchev–Trinajstić information content (AvgIpc) is 3.03. The van der Waals surface area contributed by atoms with Crippen molar-refractivity contribution in [1.82, 2.24) is 9.80 Å². The molecule has 2 aliphatic rings. The summed E-state index contributed by atoms with van der Waals surface area (Å²) < 4.78 is 19.1. The number of amides is 2. The summed E-state index contributed by atoms with van der Waals surface area (Å²) in [7, 11) is 1.61. The van der Waals surface area contributed by atoms with Crippen molar-refractivity contribution < 1.29 is 18.7 Å². The molecule has 208 valence electrons. The molecule has 1 fully saturated rings. The summed E-state index contributed by atoms with van der Waals surface area (Å²) in [5.41, 5.74) is 4.05. The Kier molecular flexibility index (Phi) is 7.42. The van der Waals surface area contributed by atoms with E-state index in [-0.39, 0.29) is 24.2 Å². The third kappa shape index (κ3) is 5.27. The second kappa shape index (κ2) is 11.5. The minimum absolute atomic E-state index is 0.00239. The van der Waals surface area contributed by atoms with Crippen LogP contribution in [0, 0.1) is 5.82 Å². The van der Waals surface area contributed by atoms with E-state index in [2.05, 4.69) is 17.0 Å². The Labute approximate surface area is 239 Å². The lowest BCUT2D eigenvalue weighted by Crippen LogP contribution is -2.53. The highest BCUT2D eigenvalue weighted by atomic mass is 19.1. The van der Waals surface area contributed by atoms with Crippen LogP contribution in [0.3, 0.4) is 0 Å². The van der Waals surface area contributed by atoms with Crippen molar-refractivity contribution in [2.24, 2.45) is 0 Å². The lowest BCUT2D eigenvalue weighted by atomic mass is 9.78. The number of para-hydroxylation sites is 1. The number of hydrogen-bond donors (Lipinski definition) is 0. The molecule has 0 saturated carbocycles. The van der Waals surface area contributed by atoms with Crippen LogP contribution in [0.4, 0.5) is 10.1 Å². The molecule has 1 saturated heterocycles. The van der Waals surface area contributed by atoms with Gasteiger partial charge in [-0.25, -0.2) is 4.39 Å². The first kappa shape index (κ1) is 26.6. The second-order valence-corrected chi connectivity index (χ2v) is 10.5. The molecule has 0 radical (unpaired) electrons. The van der Waals surface area contributed by atoms with Gasteiger partial charge in [0.05, 0.1) is 19.1 Å². The number of benzene rings is 4. The summed E-state index contributed by atoms with van der Waals surface area (Å²) in [6.07, 6.45) is 0. The number of piperazine rings is 1. The molecule has 2 amide bonds. The Balaban J connectivity index is 1.38. The van der Waals surface area contributed by atoms with Gasteiger partial charge in [0.1, 0.15) is 11.6 Å². The van der Waals surface area contributed by atoms with E-state index in [9.17, 15) is 14.0 Å². The van der Waals surface area contributed by atoms with Gasteiger partial charge in [-0.2, -0.15) is 0 Å². The van der Waals surface area contributed by atoms with Crippen molar-refractivity contribution in [2.45, 2.75) is 18.5 Å². The van der Waals surface area contributed by atoms with Gasteiger partial charge in [-0.05, 0) is 59.2 Å². The average molecular weight is 550 g/mol. The molecule has 2 heterocycles. The van der Waals surface area contributed by atoms with Crippen LogP contribution in [-0.4, -0.2) is 54.9 Å². The summed E-state index contributed by atoms with van der Waals surface area (Å²) in [5.74, 6) is -0.382. The van der Waals surface area contributed by atoms with Gasteiger partial charge in [0.25, 0.3) is 5.91 Å². The number of halogens is 1. The molecular formula is C34H32FN3O3. The number of anilines is 1. The van der Waals surface area contributed by atoms with Crippen LogP contribution in [0.25, 0.3) is 0 Å². The fraction of sp³-hybridized carbons (Fsp3) is 0.235. The predicted molar refractivity (Wildman–Crippen MR) is 156 cm³/mol. The zero-order valence-corrected chi connectivity index (χ0v) is 22.9. The van der Waals surface area contributed by atoms with Crippen LogP contribution >= 0.6 is 0 Å². The molecular weight excluding hydrogens is 517 g/mol. The molecule has 7 heteroatoms. The number of rotatable bonds is 6. The van der Waals surface area contributed by atoms with Crippen LogP contribution in [0.1, 0.15) is 39.0 Å².